The number of urea groups is 1. The van der Waals surface area contributed by atoms with E-state index in [4.69, 9.17) is 16.3 Å². The van der Waals surface area contributed by atoms with Crippen molar-refractivity contribution in [3.05, 3.63) is 34.9 Å². The molecule has 1 aromatic rings. The van der Waals surface area contributed by atoms with E-state index in [1.54, 1.807) is 17.0 Å². The standard InChI is InChI=1S/C13H13ClN2O3/c14-9-3-1-8(2-4-9)6-15-13(18)16-7-10-5-11(16)12(17)19-10/h1-4,10-11H,5-7H2,(H,15,18)/t10-,11+/m1/s1. The number of amides is 2. The maximum absolute atomic E-state index is 12.0. The lowest BCUT2D eigenvalue weighted by molar-refractivity contribution is -0.149. The fourth-order valence-corrected chi connectivity index (χ4v) is 2.58. The molecule has 5 nitrogen and oxygen atoms in total. The van der Waals surface area contributed by atoms with Crippen LogP contribution in [0.4, 0.5) is 4.79 Å². The normalized spacial score (nSPS) is 24.5. The molecule has 0 aliphatic carbocycles. The fourth-order valence-electron chi connectivity index (χ4n) is 2.45. The van der Waals surface area contributed by atoms with Crippen molar-refractivity contribution in [1.29, 1.82) is 0 Å². The molecule has 2 aliphatic heterocycles. The van der Waals surface area contributed by atoms with Crippen LogP contribution in [-0.4, -0.2) is 35.6 Å². The van der Waals surface area contributed by atoms with Gasteiger partial charge in [0, 0.05) is 18.0 Å². The van der Waals surface area contributed by atoms with Crippen molar-refractivity contribution in [3.63, 3.8) is 0 Å². The number of rotatable bonds is 2. The van der Waals surface area contributed by atoms with Gasteiger partial charge in [0.05, 0.1) is 6.54 Å². The number of fused-ring (bicyclic) bond motifs is 2. The molecule has 2 aliphatic rings. The number of hydrogen-bond acceptors (Lipinski definition) is 3. The molecule has 0 unspecified atom stereocenters. The van der Waals surface area contributed by atoms with Crippen LogP contribution in [0, 0.1) is 0 Å². The monoisotopic (exact) mass is 280 g/mol. The minimum atomic E-state index is -0.407. The van der Waals surface area contributed by atoms with Gasteiger partial charge in [-0.2, -0.15) is 0 Å². The highest BCUT2D eigenvalue weighted by Gasteiger charge is 2.48. The van der Waals surface area contributed by atoms with Gasteiger partial charge in [-0.15, -0.1) is 0 Å². The van der Waals surface area contributed by atoms with Gasteiger partial charge in [0.2, 0.25) is 0 Å². The summed E-state index contributed by atoms with van der Waals surface area (Å²) < 4.78 is 5.04. The van der Waals surface area contributed by atoms with Crippen molar-refractivity contribution in [3.8, 4) is 0 Å². The molecule has 19 heavy (non-hydrogen) atoms. The Bertz CT molecular complexity index is 517. The molecule has 2 saturated heterocycles. The lowest BCUT2D eigenvalue weighted by Gasteiger charge is -2.25. The van der Waals surface area contributed by atoms with E-state index in [9.17, 15) is 9.59 Å². The van der Waals surface area contributed by atoms with Gasteiger partial charge in [0.15, 0.2) is 0 Å². The van der Waals surface area contributed by atoms with Crippen molar-refractivity contribution in [2.75, 3.05) is 6.54 Å². The quantitative estimate of drug-likeness (QED) is 0.836. The maximum Gasteiger partial charge on any atom is 0.329 e. The van der Waals surface area contributed by atoms with Gasteiger partial charge in [-0.05, 0) is 17.7 Å². The summed E-state index contributed by atoms with van der Waals surface area (Å²) in [7, 11) is 0. The number of likely N-dealkylation sites (tertiary alicyclic amines) is 1. The first-order valence-electron chi connectivity index (χ1n) is 6.13. The van der Waals surface area contributed by atoms with Crippen LogP contribution >= 0.6 is 11.6 Å². The summed E-state index contributed by atoms with van der Waals surface area (Å²) in [4.78, 5) is 25.0. The SMILES string of the molecule is O=C1O[C@@H]2C[C@@H]1N(C(=O)NCc1ccc(Cl)cc1)C2. The first-order valence-corrected chi connectivity index (χ1v) is 6.50. The van der Waals surface area contributed by atoms with Crippen molar-refractivity contribution in [2.24, 2.45) is 0 Å². The van der Waals surface area contributed by atoms with Gasteiger partial charge >= 0.3 is 12.0 Å². The average molecular weight is 281 g/mol. The van der Waals surface area contributed by atoms with Crippen molar-refractivity contribution in [1.82, 2.24) is 10.2 Å². The highest BCUT2D eigenvalue weighted by atomic mass is 35.5. The Balaban J connectivity index is 1.57. The van der Waals surface area contributed by atoms with Gasteiger partial charge in [-0.25, -0.2) is 9.59 Å². The molecule has 6 heteroatoms. The molecular weight excluding hydrogens is 268 g/mol. The molecule has 0 saturated carbocycles. The Hall–Kier alpha value is -1.75. The molecule has 2 bridgehead atoms. The van der Waals surface area contributed by atoms with Crippen molar-refractivity contribution < 1.29 is 14.3 Å². The zero-order valence-electron chi connectivity index (χ0n) is 10.1. The minimum absolute atomic E-state index is 0.126. The number of carbonyl (C=O) groups is 2. The summed E-state index contributed by atoms with van der Waals surface area (Å²) in [6.07, 6.45) is 0.492. The molecule has 2 fully saturated rings. The number of carbonyl (C=O) groups excluding carboxylic acids is 2. The van der Waals surface area contributed by atoms with E-state index < -0.39 is 6.04 Å². The molecule has 100 valence electrons. The number of halogens is 1. The molecule has 3 rings (SSSR count). The second-order valence-corrected chi connectivity index (χ2v) is 5.18. The summed E-state index contributed by atoms with van der Waals surface area (Å²) in [5.74, 6) is -0.294. The van der Waals surface area contributed by atoms with E-state index >= 15 is 0 Å². The first kappa shape index (κ1) is 12.3. The van der Waals surface area contributed by atoms with Crippen LogP contribution in [-0.2, 0) is 16.1 Å². The largest absolute Gasteiger partial charge is 0.459 e. The van der Waals surface area contributed by atoms with Gasteiger partial charge in [0.25, 0.3) is 0 Å². The molecule has 2 heterocycles. The van der Waals surface area contributed by atoms with Crippen LogP contribution in [0.25, 0.3) is 0 Å². The molecule has 1 N–H and O–H groups in total. The van der Waals surface area contributed by atoms with E-state index in [0.29, 0.717) is 24.5 Å². The predicted molar refractivity (Wildman–Crippen MR) is 68.7 cm³/mol. The Morgan fingerprint density at radius 2 is 2.16 bits per heavy atom. The number of benzene rings is 1. The third kappa shape index (κ3) is 2.38. The molecule has 2 atom stereocenters. The number of ether oxygens (including phenoxy) is 1. The van der Waals surface area contributed by atoms with Crippen LogP contribution in [0.15, 0.2) is 24.3 Å². The highest BCUT2D eigenvalue weighted by molar-refractivity contribution is 6.30. The number of nitrogens with one attached hydrogen (secondary N) is 1. The van der Waals surface area contributed by atoms with Gasteiger partial charge < -0.3 is 15.0 Å². The van der Waals surface area contributed by atoms with E-state index in [1.807, 2.05) is 12.1 Å². The summed E-state index contributed by atoms with van der Waals surface area (Å²) >= 11 is 5.79. The smallest absolute Gasteiger partial charge is 0.329 e. The van der Waals surface area contributed by atoms with Gasteiger partial charge in [-0.3, -0.25) is 0 Å². The van der Waals surface area contributed by atoms with Crippen LogP contribution < -0.4 is 5.32 Å². The topological polar surface area (TPSA) is 58.6 Å². The summed E-state index contributed by atoms with van der Waals surface area (Å²) in [6, 6.07) is 6.63. The zero-order chi connectivity index (χ0) is 13.4. The van der Waals surface area contributed by atoms with Gasteiger partial charge in [0.1, 0.15) is 12.1 Å². The van der Waals surface area contributed by atoms with Crippen LogP contribution in [0.1, 0.15) is 12.0 Å². The fraction of sp³-hybridized carbons (Fsp3) is 0.385. The highest BCUT2D eigenvalue weighted by Crippen LogP contribution is 2.28. The Morgan fingerprint density at radius 3 is 2.79 bits per heavy atom. The molecule has 0 aromatic heterocycles. The summed E-state index contributed by atoms with van der Waals surface area (Å²) in [5, 5.41) is 3.46. The molecule has 0 spiro atoms. The predicted octanol–water partition coefficient (Wildman–Crippen LogP) is 1.55. The van der Waals surface area contributed by atoms with E-state index in [2.05, 4.69) is 5.32 Å². The second kappa shape index (κ2) is 4.74. The third-order valence-corrected chi connectivity index (χ3v) is 3.69. The Kier molecular flexibility index (Phi) is 3.06. The van der Waals surface area contributed by atoms with Crippen LogP contribution in [0.2, 0.25) is 5.02 Å². The Labute approximate surface area is 115 Å². The van der Waals surface area contributed by atoms with Crippen LogP contribution in [0.3, 0.4) is 0 Å². The van der Waals surface area contributed by atoms with E-state index in [1.165, 1.54) is 0 Å². The third-order valence-electron chi connectivity index (χ3n) is 3.44. The van der Waals surface area contributed by atoms with Crippen LogP contribution in [0.5, 0.6) is 0 Å². The summed E-state index contributed by atoms with van der Waals surface area (Å²) in [5.41, 5.74) is 0.963. The average Bonchev–Trinajstić information content (AvgIpc) is 2.96. The number of morpholine rings is 1. The number of hydrogen-bond donors (Lipinski definition) is 1. The van der Waals surface area contributed by atoms with Crippen molar-refractivity contribution >= 4 is 23.6 Å². The van der Waals surface area contributed by atoms with Gasteiger partial charge in [-0.1, -0.05) is 23.7 Å². The molecule has 1 aromatic carbocycles. The first-order chi connectivity index (χ1) is 9.13. The lowest BCUT2D eigenvalue weighted by Crippen LogP contribution is -2.48. The maximum atomic E-state index is 12.0. The van der Waals surface area contributed by atoms with E-state index in [0.717, 1.165) is 5.56 Å². The molecular formula is C13H13ClN2O3. The second-order valence-electron chi connectivity index (χ2n) is 4.75. The van der Waals surface area contributed by atoms with E-state index in [-0.39, 0.29) is 18.1 Å². The number of nitrogens with zero attached hydrogens (tertiary/aromatic N) is 1. The lowest BCUT2D eigenvalue weighted by atomic mass is 10.2. The molecule has 2 amide bonds. The summed E-state index contributed by atoms with van der Waals surface area (Å²) in [6.45, 7) is 0.905. The Morgan fingerprint density at radius 1 is 1.42 bits per heavy atom. The number of esters is 1. The minimum Gasteiger partial charge on any atom is -0.459 e. The van der Waals surface area contributed by atoms with Crippen molar-refractivity contribution in [2.45, 2.75) is 25.1 Å². The molecule has 0 radical (unpaired) electrons. The zero-order valence-corrected chi connectivity index (χ0v) is 10.9.